The van der Waals surface area contributed by atoms with Crippen LogP contribution in [0, 0.1) is 12.3 Å². The molecule has 5 nitrogen and oxygen atoms in total. The van der Waals surface area contributed by atoms with E-state index in [1.54, 1.807) is 0 Å². The summed E-state index contributed by atoms with van der Waals surface area (Å²) in [7, 11) is 1.50. The van der Waals surface area contributed by atoms with Crippen LogP contribution in [-0.4, -0.2) is 38.9 Å². The molecule has 0 rings (SSSR count). The van der Waals surface area contributed by atoms with Crippen LogP contribution < -0.4 is 0 Å². The fraction of sp³-hybridized carbons (Fsp3) is 0.600. The van der Waals surface area contributed by atoms with Crippen molar-refractivity contribution >= 4 is 11.9 Å². The molecule has 0 radical (unpaired) electrons. The second-order valence-corrected chi connectivity index (χ2v) is 2.58. The van der Waals surface area contributed by atoms with Crippen LogP contribution in [0.4, 0.5) is 0 Å². The molecule has 5 heteroatoms. The van der Waals surface area contributed by atoms with Crippen molar-refractivity contribution in [3.63, 3.8) is 0 Å². The summed E-state index contributed by atoms with van der Waals surface area (Å²) in [6, 6.07) is 0. The number of esters is 2. The standard InChI is InChI=1S/C10H14O5/c1-3-6-14-9(11)4-5-10(12)15-8-7-13-2/h1H,4-8H2,2H3. The lowest BCUT2D eigenvalue weighted by Gasteiger charge is -2.03. The van der Waals surface area contributed by atoms with Gasteiger partial charge in [0.05, 0.1) is 19.4 Å². The SMILES string of the molecule is C#CCOC(=O)CCC(=O)OCCOC. The summed E-state index contributed by atoms with van der Waals surface area (Å²) in [5.41, 5.74) is 0. The van der Waals surface area contributed by atoms with E-state index >= 15 is 0 Å². The Morgan fingerprint density at radius 3 is 2.27 bits per heavy atom. The number of carbonyl (C=O) groups is 2. The van der Waals surface area contributed by atoms with E-state index in [2.05, 4.69) is 15.4 Å². The molecule has 0 fully saturated rings. The maximum absolute atomic E-state index is 11.0. The van der Waals surface area contributed by atoms with Crippen LogP contribution in [0.1, 0.15) is 12.8 Å². The zero-order valence-corrected chi connectivity index (χ0v) is 8.65. The first-order valence-electron chi connectivity index (χ1n) is 4.44. The smallest absolute Gasteiger partial charge is 0.307 e. The van der Waals surface area contributed by atoms with Gasteiger partial charge in [-0.05, 0) is 0 Å². The van der Waals surface area contributed by atoms with Crippen LogP contribution in [0.3, 0.4) is 0 Å². The van der Waals surface area contributed by atoms with Crippen LogP contribution in [0.25, 0.3) is 0 Å². The highest BCUT2D eigenvalue weighted by Crippen LogP contribution is 1.95. The molecule has 0 aromatic heterocycles. The van der Waals surface area contributed by atoms with Crippen LogP contribution in [-0.2, 0) is 23.8 Å². The molecule has 0 saturated heterocycles. The molecule has 0 aliphatic heterocycles. The van der Waals surface area contributed by atoms with Gasteiger partial charge < -0.3 is 14.2 Å². The van der Waals surface area contributed by atoms with Gasteiger partial charge in [0.15, 0.2) is 6.61 Å². The summed E-state index contributed by atoms with van der Waals surface area (Å²) < 4.78 is 14.0. The average Bonchev–Trinajstić information content (AvgIpc) is 2.24. The van der Waals surface area contributed by atoms with Gasteiger partial charge in [-0.25, -0.2) is 0 Å². The molecule has 0 saturated carbocycles. The van der Waals surface area contributed by atoms with E-state index < -0.39 is 11.9 Å². The Balaban J connectivity index is 3.45. The second kappa shape index (κ2) is 9.03. The number of hydrogen-bond acceptors (Lipinski definition) is 5. The molecule has 0 amide bonds. The number of rotatable bonds is 7. The molecule has 0 aromatic rings. The van der Waals surface area contributed by atoms with E-state index in [-0.39, 0.29) is 26.1 Å². The van der Waals surface area contributed by atoms with E-state index in [0.29, 0.717) is 6.61 Å². The van der Waals surface area contributed by atoms with E-state index in [1.807, 2.05) is 0 Å². The largest absolute Gasteiger partial charge is 0.463 e. The molecular formula is C10H14O5. The third-order valence-corrected chi connectivity index (χ3v) is 1.40. The van der Waals surface area contributed by atoms with E-state index in [0.717, 1.165) is 0 Å². The van der Waals surface area contributed by atoms with Gasteiger partial charge in [0, 0.05) is 7.11 Å². The lowest BCUT2D eigenvalue weighted by atomic mass is 10.3. The van der Waals surface area contributed by atoms with Gasteiger partial charge in [0.2, 0.25) is 0 Å². The molecule has 0 N–H and O–H groups in total. The highest BCUT2D eigenvalue weighted by Gasteiger charge is 2.08. The average molecular weight is 214 g/mol. The minimum Gasteiger partial charge on any atom is -0.463 e. The van der Waals surface area contributed by atoms with Crippen LogP contribution in [0.15, 0.2) is 0 Å². The molecule has 0 heterocycles. The third-order valence-electron chi connectivity index (χ3n) is 1.40. The van der Waals surface area contributed by atoms with Crippen molar-refractivity contribution in [2.75, 3.05) is 26.9 Å². The minimum absolute atomic E-state index is 0.00683. The van der Waals surface area contributed by atoms with E-state index in [4.69, 9.17) is 11.2 Å². The quantitative estimate of drug-likeness (QED) is 0.342. The van der Waals surface area contributed by atoms with Crippen molar-refractivity contribution in [3.05, 3.63) is 0 Å². The van der Waals surface area contributed by atoms with E-state index in [1.165, 1.54) is 7.11 Å². The van der Waals surface area contributed by atoms with Crippen LogP contribution in [0.5, 0.6) is 0 Å². The summed E-state index contributed by atoms with van der Waals surface area (Å²) in [4.78, 5) is 21.9. The molecule has 0 unspecified atom stereocenters. The number of carbonyl (C=O) groups excluding carboxylic acids is 2. The minimum atomic E-state index is -0.503. The first kappa shape index (κ1) is 13.5. The molecule has 0 spiro atoms. The number of terminal acetylenes is 1. The molecular weight excluding hydrogens is 200 g/mol. The normalized spacial score (nSPS) is 9.07. The van der Waals surface area contributed by atoms with Crippen molar-refractivity contribution in [1.29, 1.82) is 0 Å². The van der Waals surface area contributed by atoms with Gasteiger partial charge in [-0.2, -0.15) is 0 Å². The van der Waals surface area contributed by atoms with Gasteiger partial charge >= 0.3 is 11.9 Å². The van der Waals surface area contributed by atoms with Crippen molar-refractivity contribution in [2.45, 2.75) is 12.8 Å². The fourth-order valence-electron chi connectivity index (χ4n) is 0.709. The fourth-order valence-corrected chi connectivity index (χ4v) is 0.709. The highest BCUT2D eigenvalue weighted by molar-refractivity contribution is 5.77. The Morgan fingerprint density at radius 1 is 1.13 bits per heavy atom. The maximum atomic E-state index is 11.0. The van der Waals surface area contributed by atoms with Gasteiger partial charge in [-0.3, -0.25) is 9.59 Å². The van der Waals surface area contributed by atoms with E-state index in [9.17, 15) is 9.59 Å². The Morgan fingerprint density at radius 2 is 1.73 bits per heavy atom. The zero-order chi connectivity index (χ0) is 11.5. The lowest BCUT2D eigenvalue weighted by molar-refractivity contribution is -0.150. The Hall–Kier alpha value is -1.54. The Labute approximate surface area is 88.7 Å². The summed E-state index contributed by atoms with van der Waals surface area (Å²) in [6.07, 6.45) is 4.85. The second-order valence-electron chi connectivity index (χ2n) is 2.58. The first-order valence-corrected chi connectivity index (χ1v) is 4.44. The number of ether oxygens (including phenoxy) is 3. The monoisotopic (exact) mass is 214 g/mol. The van der Waals surface area contributed by atoms with Crippen molar-refractivity contribution in [2.24, 2.45) is 0 Å². The van der Waals surface area contributed by atoms with Crippen molar-refractivity contribution in [3.8, 4) is 12.3 Å². The summed E-state index contributed by atoms with van der Waals surface area (Å²) >= 11 is 0. The summed E-state index contributed by atoms with van der Waals surface area (Å²) in [5, 5.41) is 0. The molecule has 0 atom stereocenters. The van der Waals surface area contributed by atoms with Crippen molar-refractivity contribution in [1.82, 2.24) is 0 Å². The molecule has 15 heavy (non-hydrogen) atoms. The van der Waals surface area contributed by atoms with Gasteiger partial charge in [0.1, 0.15) is 6.61 Å². The van der Waals surface area contributed by atoms with Gasteiger partial charge in [-0.1, -0.05) is 5.92 Å². The molecule has 0 aliphatic carbocycles. The summed E-state index contributed by atoms with van der Waals surface area (Å²) in [6.45, 7) is 0.458. The maximum Gasteiger partial charge on any atom is 0.307 e. The number of methoxy groups -OCH3 is 1. The Bertz CT molecular complexity index is 241. The molecule has 0 bridgehead atoms. The van der Waals surface area contributed by atoms with Crippen molar-refractivity contribution < 1.29 is 23.8 Å². The lowest BCUT2D eigenvalue weighted by Crippen LogP contribution is -2.12. The Kier molecular flexibility index (Phi) is 8.10. The van der Waals surface area contributed by atoms with Crippen LogP contribution >= 0.6 is 0 Å². The number of hydrogen-bond donors (Lipinski definition) is 0. The molecule has 0 aliphatic rings. The third kappa shape index (κ3) is 8.78. The predicted octanol–water partition coefficient (Wildman–Crippen LogP) is 0.133. The topological polar surface area (TPSA) is 61.8 Å². The van der Waals surface area contributed by atoms with Gasteiger partial charge in [-0.15, -0.1) is 6.42 Å². The molecule has 0 aromatic carbocycles. The zero-order valence-electron chi connectivity index (χ0n) is 8.65. The predicted molar refractivity (Wildman–Crippen MR) is 51.9 cm³/mol. The van der Waals surface area contributed by atoms with Crippen LogP contribution in [0.2, 0.25) is 0 Å². The first-order chi connectivity index (χ1) is 7.20. The molecule has 84 valence electrons. The highest BCUT2D eigenvalue weighted by atomic mass is 16.6. The van der Waals surface area contributed by atoms with Gasteiger partial charge in [0.25, 0.3) is 0 Å². The summed E-state index contributed by atoms with van der Waals surface area (Å²) in [5.74, 6) is 1.20.